The number of halogens is 6. The van der Waals surface area contributed by atoms with Crippen molar-refractivity contribution in [3.05, 3.63) is 46.5 Å². The van der Waals surface area contributed by atoms with Gasteiger partial charge >= 0.3 is 24.3 Å². The molecular weight excluding hydrogens is 574 g/mol. The molecule has 2 aliphatic carbocycles. The Kier molecular flexibility index (Phi) is 8.74. The van der Waals surface area contributed by atoms with E-state index in [-0.39, 0.29) is 73.3 Å². The number of nitrogens with one attached hydrogen (secondary N) is 2. The van der Waals surface area contributed by atoms with Crippen molar-refractivity contribution < 1.29 is 55.7 Å². The van der Waals surface area contributed by atoms with Crippen molar-refractivity contribution in [2.75, 3.05) is 0 Å². The second kappa shape index (κ2) is 11.8. The number of hydrogen-bond acceptors (Lipinski definition) is 4. The normalized spacial score (nSPS) is 23.3. The van der Waals surface area contributed by atoms with Crippen molar-refractivity contribution >= 4 is 34.5 Å². The molecule has 14 heteroatoms. The summed E-state index contributed by atoms with van der Waals surface area (Å²) in [4.78, 5) is 50.9. The lowest BCUT2D eigenvalue weighted by Crippen LogP contribution is -2.40. The summed E-state index contributed by atoms with van der Waals surface area (Å²) >= 11 is 0. The quantitative estimate of drug-likeness (QED) is 0.303. The van der Waals surface area contributed by atoms with E-state index in [0.717, 1.165) is 24.3 Å². The highest BCUT2D eigenvalue weighted by molar-refractivity contribution is 6.23. The van der Waals surface area contributed by atoms with Crippen LogP contribution in [0, 0.1) is 11.8 Å². The number of hydrogen-bond donors (Lipinski definition) is 4. The molecule has 0 aromatic heterocycles. The predicted octanol–water partition coefficient (Wildman–Crippen LogP) is 5.94. The van der Waals surface area contributed by atoms with Crippen LogP contribution >= 0.6 is 0 Å². The van der Waals surface area contributed by atoms with Gasteiger partial charge in [0.15, 0.2) is 0 Å². The van der Waals surface area contributed by atoms with Crippen LogP contribution in [-0.4, -0.2) is 58.4 Å². The lowest BCUT2D eigenvalue weighted by atomic mass is 9.85. The molecule has 42 heavy (non-hydrogen) atoms. The monoisotopic (exact) mass is 602 g/mol. The third-order valence-electron chi connectivity index (χ3n) is 8.16. The Morgan fingerprint density at radius 3 is 1.10 bits per heavy atom. The molecule has 2 aromatic carbocycles. The Hall–Kier alpha value is -3.84. The number of amides is 2. The molecule has 0 atom stereocenters. The van der Waals surface area contributed by atoms with Gasteiger partial charge in [0.1, 0.15) is 0 Å². The van der Waals surface area contributed by atoms with Gasteiger partial charge in [-0.15, -0.1) is 0 Å². The minimum atomic E-state index is -4.36. The van der Waals surface area contributed by atoms with Crippen molar-refractivity contribution in [3.8, 4) is 0 Å². The molecule has 0 radical (unpaired) electrons. The van der Waals surface area contributed by atoms with Gasteiger partial charge in [0.05, 0.1) is 23.0 Å². The van der Waals surface area contributed by atoms with E-state index >= 15 is 0 Å². The van der Waals surface area contributed by atoms with Gasteiger partial charge in [0.25, 0.3) is 11.8 Å². The lowest BCUT2D eigenvalue weighted by molar-refractivity contribution is -0.183. The number of carbonyl (C=O) groups excluding carboxylic acids is 2. The predicted molar refractivity (Wildman–Crippen MR) is 136 cm³/mol. The molecule has 0 bridgehead atoms. The Labute approximate surface area is 235 Å². The molecule has 4 rings (SSSR count). The molecule has 2 amide bonds. The van der Waals surface area contributed by atoms with Crippen LogP contribution in [0.15, 0.2) is 24.3 Å². The number of carbonyl (C=O) groups is 4. The number of fused-ring (bicyclic) bond motifs is 1. The molecule has 2 aromatic rings. The van der Waals surface area contributed by atoms with Crippen LogP contribution < -0.4 is 10.6 Å². The van der Waals surface area contributed by atoms with Crippen molar-refractivity contribution in [1.29, 1.82) is 0 Å². The van der Waals surface area contributed by atoms with Gasteiger partial charge in [0, 0.05) is 34.0 Å². The van der Waals surface area contributed by atoms with E-state index < -0.39 is 71.2 Å². The minimum absolute atomic E-state index is 0.0249. The lowest BCUT2D eigenvalue weighted by Gasteiger charge is -2.30. The van der Waals surface area contributed by atoms with Crippen LogP contribution in [0.5, 0.6) is 0 Å². The number of alkyl halides is 6. The number of benzene rings is 2. The van der Waals surface area contributed by atoms with E-state index in [2.05, 4.69) is 10.6 Å². The Balaban J connectivity index is 1.67. The molecule has 0 saturated heterocycles. The fraction of sp³-hybridized carbons (Fsp3) is 0.500. The van der Waals surface area contributed by atoms with Crippen molar-refractivity contribution in [3.63, 3.8) is 0 Å². The first-order chi connectivity index (χ1) is 19.6. The Morgan fingerprint density at radius 1 is 0.548 bits per heavy atom. The third kappa shape index (κ3) is 6.62. The highest BCUT2D eigenvalue weighted by Gasteiger charge is 2.43. The highest BCUT2D eigenvalue weighted by Crippen LogP contribution is 2.39. The fourth-order valence-corrected chi connectivity index (χ4v) is 5.89. The molecule has 0 heterocycles. The summed E-state index contributed by atoms with van der Waals surface area (Å²) in [6.45, 7) is 0. The van der Waals surface area contributed by atoms with Gasteiger partial charge in [-0.25, -0.2) is 9.59 Å². The highest BCUT2D eigenvalue weighted by atomic mass is 19.4. The first kappa shape index (κ1) is 31.1. The van der Waals surface area contributed by atoms with E-state index in [1.54, 1.807) is 0 Å². The summed E-state index contributed by atoms with van der Waals surface area (Å²) in [5.74, 6) is -7.75. The summed E-state index contributed by atoms with van der Waals surface area (Å²) in [6.07, 6.45) is -9.44. The van der Waals surface area contributed by atoms with Gasteiger partial charge in [0.2, 0.25) is 0 Å². The van der Waals surface area contributed by atoms with Crippen molar-refractivity contribution in [2.45, 2.75) is 75.8 Å². The maximum absolute atomic E-state index is 13.3. The van der Waals surface area contributed by atoms with Crippen molar-refractivity contribution in [1.82, 2.24) is 10.6 Å². The van der Waals surface area contributed by atoms with Crippen LogP contribution in [-0.2, 0) is 0 Å². The van der Waals surface area contributed by atoms with Crippen LogP contribution in [0.4, 0.5) is 26.3 Å². The van der Waals surface area contributed by atoms with Gasteiger partial charge in [-0.2, -0.15) is 26.3 Å². The van der Waals surface area contributed by atoms with E-state index in [1.165, 1.54) is 0 Å². The van der Waals surface area contributed by atoms with Gasteiger partial charge < -0.3 is 20.8 Å². The van der Waals surface area contributed by atoms with Gasteiger partial charge in [-0.3, -0.25) is 9.59 Å². The fourth-order valence-electron chi connectivity index (χ4n) is 5.89. The maximum Gasteiger partial charge on any atom is 0.391 e. The molecule has 8 nitrogen and oxygen atoms in total. The molecule has 4 N–H and O–H groups in total. The second-order valence-electron chi connectivity index (χ2n) is 10.8. The number of rotatable bonds is 6. The summed E-state index contributed by atoms with van der Waals surface area (Å²) in [5, 5.41) is 24.2. The summed E-state index contributed by atoms with van der Waals surface area (Å²) < 4.78 is 78.2. The zero-order chi connectivity index (χ0) is 31.0. The van der Waals surface area contributed by atoms with Crippen LogP contribution in [0.25, 0.3) is 10.8 Å². The molecule has 2 aliphatic rings. The van der Waals surface area contributed by atoms with Crippen LogP contribution in [0.2, 0.25) is 0 Å². The smallest absolute Gasteiger partial charge is 0.391 e. The molecular formula is C28H28F6N2O6. The molecule has 2 saturated carbocycles. The number of carboxylic acids is 2. The topological polar surface area (TPSA) is 133 Å². The first-order valence-electron chi connectivity index (χ1n) is 13.4. The molecule has 228 valence electrons. The van der Waals surface area contributed by atoms with Gasteiger partial charge in [-0.05, 0) is 75.6 Å². The SMILES string of the molecule is O=C(O)c1ccc(C(=O)NC2CCC(C(F)(F)F)CC2)c2c(C(=O)O)ccc(C(=O)NC3CCC(C(F)(F)F)CC3)c12. The third-order valence-corrected chi connectivity index (χ3v) is 8.16. The minimum Gasteiger partial charge on any atom is -0.478 e. The molecule has 0 spiro atoms. The largest absolute Gasteiger partial charge is 0.478 e. The van der Waals surface area contributed by atoms with Gasteiger partial charge in [-0.1, -0.05) is 0 Å². The Bertz CT molecular complexity index is 1280. The van der Waals surface area contributed by atoms with E-state index in [0.29, 0.717) is 0 Å². The summed E-state index contributed by atoms with van der Waals surface area (Å²) in [5.41, 5.74) is -1.54. The Morgan fingerprint density at radius 2 is 0.833 bits per heavy atom. The zero-order valence-electron chi connectivity index (χ0n) is 22.1. The van der Waals surface area contributed by atoms with E-state index in [9.17, 15) is 55.7 Å². The van der Waals surface area contributed by atoms with Crippen molar-refractivity contribution in [2.24, 2.45) is 11.8 Å². The molecule has 0 unspecified atom stereocenters. The maximum atomic E-state index is 13.3. The number of carboxylic acid groups (broad SMARTS) is 2. The van der Waals surface area contributed by atoms with Crippen LogP contribution in [0.3, 0.4) is 0 Å². The summed E-state index contributed by atoms with van der Waals surface area (Å²) in [6, 6.07) is 2.92. The standard InChI is InChI=1S/C28H28F6N2O6/c29-27(30,31)13-1-5-15(6-2-13)35-23(37)17-9-11-20(26(41)42)22-18(10-12-19(21(17)22)25(39)40)24(38)36-16-7-3-14(4-8-16)28(32,33)34/h9-16H,1-8H2,(H,35,37)(H,36,38)(H,39,40)(H,41,42). The average molecular weight is 603 g/mol. The molecule has 0 aliphatic heterocycles. The first-order valence-corrected chi connectivity index (χ1v) is 13.4. The summed E-state index contributed by atoms with van der Waals surface area (Å²) in [7, 11) is 0. The average Bonchev–Trinajstić information content (AvgIpc) is 2.91. The van der Waals surface area contributed by atoms with E-state index in [1.807, 2.05) is 0 Å². The molecule has 2 fully saturated rings. The van der Waals surface area contributed by atoms with Crippen LogP contribution in [0.1, 0.15) is 92.8 Å². The number of aromatic carboxylic acids is 2. The van der Waals surface area contributed by atoms with E-state index in [4.69, 9.17) is 0 Å². The zero-order valence-corrected chi connectivity index (χ0v) is 22.1. The second-order valence-corrected chi connectivity index (χ2v) is 10.8.